The molecule has 0 spiro atoms. The van der Waals surface area contributed by atoms with Crippen LogP contribution in [0.3, 0.4) is 0 Å². The Hall–Kier alpha value is -1.34. The van der Waals surface area contributed by atoms with Crippen LogP contribution < -0.4 is 11.1 Å². The number of benzene rings is 1. The van der Waals surface area contributed by atoms with Crippen molar-refractivity contribution in [3.63, 3.8) is 0 Å². The Morgan fingerprint density at radius 1 is 1.48 bits per heavy atom. The van der Waals surface area contributed by atoms with Crippen LogP contribution in [0.4, 0.5) is 18.9 Å². The summed E-state index contributed by atoms with van der Waals surface area (Å²) < 4.78 is 44.0. The van der Waals surface area contributed by atoms with Gasteiger partial charge in [0.1, 0.15) is 4.99 Å². The smallest absolute Gasteiger partial charge is 0.389 e. The predicted molar refractivity (Wildman–Crippen MR) is 79.3 cm³/mol. The van der Waals surface area contributed by atoms with Crippen molar-refractivity contribution in [2.75, 3.05) is 18.5 Å². The van der Waals surface area contributed by atoms with Gasteiger partial charge in [0.15, 0.2) is 0 Å². The first-order valence-corrected chi connectivity index (χ1v) is 7.05. The van der Waals surface area contributed by atoms with Crippen molar-refractivity contribution in [3.8, 4) is 0 Å². The first-order chi connectivity index (χ1) is 9.79. The molecule has 21 heavy (non-hydrogen) atoms. The molecule has 0 aliphatic carbocycles. The Labute approximate surface area is 126 Å². The molecule has 1 fully saturated rings. The number of nitrogens with two attached hydrogens (primary N) is 1. The van der Waals surface area contributed by atoms with Crippen LogP contribution in [0.1, 0.15) is 24.5 Å². The van der Waals surface area contributed by atoms with Crippen LogP contribution in [0.2, 0.25) is 0 Å². The number of hydrogen-bond acceptors (Lipinski definition) is 3. The molecule has 2 rings (SSSR count). The molecule has 2 atom stereocenters. The average molecular weight is 318 g/mol. The number of rotatable bonds is 4. The maximum atomic E-state index is 12.9. The minimum absolute atomic E-state index is 0.100. The topological polar surface area (TPSA) is 47.3 Å². The molecule has 1 aromatic rings. The Bertz CT molecular complexity index is 527. The quantitative estimate of drug-likeness (QED) is 0.837. The molecule has 3 N–H and O–H groups in total. The molecule has 1 aliphatic heterocycles. The van der Waals surface area contributed by atoms with E-state index in [2.05, 4.69) is 5.32 Å². The molecule has 0 aromatic heterocycles. The monoisotopic (exact) mass is 318 g/mol. The SMILES string of the molecule is CC(Nc1ccc(C(F)(F)F)c(C(N)=S)c1)C1CCOC1. The van der Waals surface area contributed by atoms with Gasteiger partial charge in [0.2, 0.25) is 0 Å². The molecule has 1 saturated heterocycles. The lowest BCUT2D eigenvalue weighted by Crippen LogP contribution is -2.26. The molecule has 0 saturated carbocycles. The summed E-state index contributed by atoms with van der Waals surface area (Å²) in [5.41, 5.74) is 5.03. The number of thiocarbonyl (C=S) groups is 1. The summed E-state index contributed by atoms with van der Waals surface area (Å²) in [6.45, 7) is 3.37. The minimum atomic E-state index is -4.47. The summed E-state index contributed by atoms with van der Waals surface area (Å²) in [5, 5.41) is 3.20. The molecule has 2 unspecified atom stereocenters. The van der Waals surface area contributed by atoms with E-state index in [1.807, 2.05) is 6.92 Å². The zero-order valence-corrected chi connectivity index (χ0v) is 12.4. The molecule has 0 bridgehead atoms. The number of nitrogens with one attached hydrogen (secondary N) is 1. The number of anilines is 1. The van der Waals surface area contributed by atoms with Gasteiger partial charge in [0, 0.05) is 29.8 Å². The van der Waals surface area contributed by atoms with Gasteiger partial charge in [0.25, 0.3) is 0 Å². The van der Waals surface area contributed by atoms with E-state index in [1.54, 1.807) is 0 Å². The third-order valence-electron chi connectivity index (χ3n) is 3.66. The second-order valence-electron chi connectivity index (χ2n) is 5.18. The molecule has 1 heterocycles. The highest BCUT2D eigenvalue weighted by Crippen LogP contribution is 2.33. The van der Waals surface area contributed by atoms with E-state index in [-0.39, 0.29) is 16.6 Å². The molecule has 0 radical (unpaired) electrons. The van der Waals surface area contributed by atoms with E-state index in [9.17, 15) is 13.2 Å². The lowest BCUT2D eigenvalue weighted by atomic mass is 9.99. The lowest BCUT2D eigenvalue weighted by Gasteiger charge is -2.22. The van der Waals surface area contributed by atoms with E-state index in [0.29, 0.717) is 18.2 Å². The third-order valence-corrected chi connectivity index (χ3v) is 3.88. The van der Waals surface area contributed by atoms with Gasteiger partial charge in [-0.3, -0.25) is 0 Å². The highest BCUT2D eigenvalue weighted by Gasteiger charge is 2.34. The summed E-state index contributed by atoms with van der Waals surface area (Å²) in [4.78, 5) is -0.261. The Morgan fingerprint density at radius 3 is 2.71 bits per heavy atom. The normalized spacial score (nSPS) is 20.3. The van der Waals surface area contributed by atoms with Crippen molar-refractivity contribution in [2.45, 2.75) is 25.6 Å². The van der Waals surface area contributed by atoms with Gasteiger partial charge in [-0.25, -0.2) is 0 Å². The van der Waals surface area contributed by atoms with E-state index in [0.717, 1.165) is 19.1 Å². The second kappa shape index (κ2) is 6.19. The number of halogens is 3. The largest absolute Gasteiger partial charge is 0.417 e. The molecule has 1 aliphatic rings. The van der Waals surface area contributed by atoms with Gasteiger partial charge in [-0.05, 0) is 31.5 Å². The van der Waals surface area contributed by atoms with E-state index >= 15 is 0 Å². The molecule has 7 heteroatoms. The highest BCUT2D eigenvalue weighted by atomic mass is 32.1. The van der Waals surface area contributed by atoms with Crippen molar-refractivity contribution in [1.29, 1.82) is 0 Å². The van der Waals surface area contributed by atoms with Crippen molar-refractivity contribution in [3.05, 3.63) is 29.3 Å². The van der Waals surface area contributed by atoms with Crippen LogP contribution in [0.5, 0.6) is 0 Å². The Morgan fingerprint density at radius 2 is 2.19 bits per heavy atom. The van der Waals surface area contributed by atoms with Gasteiger partial charge in [-0.15, -0.1) is 0 Å². The molecule has 1 aromatic carbocycles. The van der Waals surface area contributed by atoms with Crippen LogP contribution in [0, 0.1) is 5.92 Å². The number of alkyl halides is 3. The van der Waals surface area contributed by atoms with Gasteiger partial charge in [-0.1, -0.05) is 12.2 Å². The fourth-order valence-electron chi connectivity index (χ4n) is 2.41. The third kappa shape index (κ3) is 3.85. The number of hydrogen-bond donors (Lipinski definition) is 2. The first-order valence-electron chi connectivity index (χ1n) is 6.64. The van der Waals surface area contributed by atoms with Crippen LogP contribution in [-0.4, -0.2) is 24.2 Å². The van der Waals surface area contributed by atoms with E-state index in [1.165, 1.54) is 12.1 Å². The number of ether oxygens (including phenoxy) is 1. The fraction of sp³-hybridized carbons (Fsp3) is 0.500. The van der Waals surface area contributed by atoms with Crippen molar-refractivity contribution < 1.29 is 17.9 Å². The van der Waals surface area contributed by atoms with Crippen molar-refractivity contribution >= 4 is 22.9 Å². The predicted octanol–water partition coefficient (Wildman–Crippen LogP) is 3.18. The van der Waals surface area contributed by atoms with Gasteiger partial charge in [0.05, 0.1) is 12.2 Å². The maximum absolute atomic E-state index is 12.9. The van der Waals surface area contributed by atoms with Gasteiger partial charge in [-0.2, -0.15) is 13.2 Å². The van der Waals surface area contributed by atoms with Crippen LogP contribution in [0.25, 0.3) is 0 Å². The standard InChI is InChI=1S/C14H17F3N2OS/c1-8(9-4-5-20-7-9)19-10-2-3-12(14(15,16)17)11(6-10)13(18)21/h2-3,6,8-9,19H,4-5,7H2,1H3,(H2,18,21). The zero-order chi connectivity index (χ0) is 15.6. The maximum Gasteiger partial charge on any atom is 0.417 e. The van der Waals surface area contributed by atoms with Crippen molar-refractivity contribution in [2.24, 2.45) is 11.7 Å². The summed E-state index contributed by atoms with van der Waals surface area (Å²) >= 11 is 4.73. The van der Waals surface area contributed by atoms with Crippen LogP contribution >= 0.6 is 12.2 Å². The molecule has 0 amide bonds. The molecular formula is C14H17F3N2OS. The van der Waals surface area contributed by atoms with E-state index in [4.69, 9.17) is 22.7 Å². The average Bonchev–Trinajstić information content (AvgIpc) is 2.91. The lowest BCUT2D eigenvalue weighted by molar-refractivity contribution is -0.137. The summed E-state index contributed by atoms with van der Waals surface area (Å²) in [5.74, 6) is 0.348. The molecule has 3 nitrogen and oxygen atoms in total. The Balaban J connectivity index is 2.21. The molecule has 116 valence electrons. The van der Waals surface area contributed by atoms with Crippen LogP contribution in [-0.2, 0) is 10.9 Å². The summed E-state index contributed by atoms with van der Waals surface area (Å²) in [6.07, 6.45) is -3.53. The van der Waals surface area contributed by atoms with Gasteiger partial charge >= 0.3 is 6.18 Å². The Kier molecular flexibility index (Phi) is 4.73. The van der Waals surface area contributed by atoms with Crippen LogP contribution in [0.15, 0.2) is 18.2 Å². The zero-order valence-electron chi connectivity index (χ0n) is 11.5. The summed E-state index contributed by atoms with van der Waals surface area (Å²) in [6, 6.07) is 3.87. The highest BCUT2D eigenvalue weighted by molar-refractivity contribution is 7.80. The fourth-order valence-corrected chi connectivity index (χ4v) is 2.58. The summed E-state index contributed by atoms with van der Waals surface area (Å²) in [7, 11) is 0. The minimum Gasteiger partial charge on any atom is -0.389 e. The second-order valence-corrected chi connectivity index (χ2v) is 5.62. The molecular weight excluding hydrogens is 301 g/mol. The van der Waals surface area contributed by atoms with E-state index < -0.39 is 11.7 Å². The first kappa shape index (κ1) is 16.0. The van der Waals surface area contributed by atoms with Gasteiger partial charge < -0.3 is 15.8 Å². The van der Waals surface area contributed by atoms with Crippen molar-refractivity contribution in [1.82, 2.24) is 0 Å².